The minimum absolute atomic E-state index is 0.0745. The summed E-state index contributed by atoms with van der Waals surface area (Å²) in [5, 5.41) is 15.5. The molecule has 0 saturated carbocycles. The maximum Gasteiger partial charge on any atom is 0.319 e. The van der Waals surface area contributed by atoms with Crippen molar-refractivity contribution in [1.82, 2.24) is 10.2 Å². The van der Waals surface area contributed by atoms with Gasteiger partial charge in [-0.05, 0) is 32.0 Å². The number of hydrogen-bond acceptors (Lipinski definition) is 4. The van der Waals surface area contributed by atoms with Gasteiger partial charge in [-0.25, -0.2) is 4.79 Å². The van der Waals surface area contributed by atoms with Gasteiger partial charge in [-0.3, -0.25) is 0 Å². The summed E-state index contributed by atoms with van der Waals surface area (Å²) in [6.07, 6.45) is 1.63. The molecule has 2 rings (SSSR count). The van der Waals surface area contributed by atoms with Crippen LogP contribution in [-0.2, 0) is 0 Å². The minimum Gasteiger partial charge on any atom is -0.394 e. The van der Waals surface area contributed by atoms with Crippen molar-refractivity contribution >= 4 is 17.4 Å². The SMILES string of the molecule is CCC[C@@](C)(CO)NC(=O)Nc1ccccc1N1CCN(CC)CC1. The van der Waals surface area contributed by atoms with Gasteiger partial charge in [-0.2, -0.15) is 0 Å². The first-order valence-electron chi connectivity index (χ1n) is 9.27. The zero-order chi connectivity index (χ0) is 18.3. The molecule has 0 aromatic heterocycles. The van der Waals surface area contributed by atoms with E-state index in [4.69, 9.17) is 0 Å². The van der Waals surface area contributed by atoms with Gasteiger partial charge >= 0.3 is 6.03 Å². The van der Waals surface area contributed by atoms with Crippen LogP contribution in [0.4, 0.5) is 16.2 Å². The van der Waals surface area contributed by atoms with Crippen LogP contribution in [0.5, 0.6) is 0 Å². The molecule has 0 spiro atoms. The van der Waals surface area contributed by atoms with E-state index >= 15 is 0 Å². The zero-order valence-electron chi connectivity index (χ0n) is 15.7. The molecule has 25 heavy (non-hydrogen) atoms. The highest BCUT2D eigenvalue weighted by Crippen LogP contribution is 2.26. The van der Waals surface area contributed by atoms with Crippen LogP contribution in [0.2, 0.25) is 0 Å². The Kier molecular flexibility index (Phi) is 7.08. The van der Waals surface area contributed by atoms with Crippen LogP contribution in [0.3, 0.4) is 0 Å². The number of nitrogens with zero attached hydrogens (tertiary/aromatic N) is 2. The van der Waals surface area contributed by atoms with E-state index in [1.807, 2.05) is 32.0 Å². The summed E-state index contributed by atoms with van der Waals surface area (Å²) in [7, 11) is 0. The Morgan fingerprint density at radius 3 is 2.48 bits per heavy atom. The molecule has 0 unspecified atom stereocenters. The second kappa shape index (κ2) is 9.06. The smallest absolute Gasteiger partial charge is 0.319 e. The number of carbonyl (C=O) groups is 1. The number of anilines is 2. The number of nitrogens with one attached hydrogen (secondary N) is 2. The number of para-hydroxylation sites is 2. The summed E-state index contributed by atoms with van der Waals surface area (Å²) < 4.78 is 0. The third-order valence-electron chi connectivity index (χ3n) is 4.88. The standard InChI is InChI=1S/C19H32N4O2/c1-4-10-19(3,15-24)21-18(25)20-16-8-6-7-9-17(16)23-13-11-22(5-2)12-14-23/h6-9,24H,4-5,10-15H2,1-3H3,(H2,20,21,25)/t19-/m0/s1. The van der Waals surface area contributed by atoms with Crippen molar-refractivity contribution in [2.24, 2.45) is 0 Å². The van der Waals surface area contributed by atoms with Gasteiger partial charge in [0.2, 0.25) is 0 Å². The molecule has 0 bridgehead atoms. The molecule has 0 radical (unpaired) electrons. The number of urea groups is 1. The van der Waals surface area contributed by atoms with Crippen molar-refractivity contribution < 1.29 is 9.90 Å². The number of aliphatic hydroxyl groups is 1. The summed E-state index contributed by atoms with van der Waals surface area (Å²) in [5.41, 5.74) is 1.26. The van der Waals surface area contributed by atoms with E-state index in [0.717, 1.165) is 56.9 Å². The monoisotopic (exact) mass is 348 g/mol. The lowest BCUT2D eigenvalue weighted by molar-refractivity contribution is 0.167. The average molecular weight is 348 g/mol. The Bertz CT molecular complexity index is 558. The number of hydrogen-bond donors (Lipinski definition) is 3. The van der Waals surface area contributed by atoms with Crippen LogP contribution in [0.1, 0.15) is 33.6 Å². The highest BCUT2D eigenvalue weighted by molar-refractivity contribution is 5.93. The summed E-state index contributed by atoms with van der Waals surface area (Å²) in [6.45, 7) is 11.1. The predicted octanol–water partition coefficient (Wildman–Crippen LogP) is 2.50. The van der Waals surface area contributed by atoms with Gasteiger partial charge in [0.15, 0.2) is 0 Å². The number of amides is 2. The first kappa shape index (κ1) is 19.5. The Morgan fingerprint density at radius 2 is 1.88 bits per heavy atom. The lowest BCUT2D eigenvalue weighted by Gasteiger charge is -2.36. The topological polar surface area (TPSA) is 67.8 Å². The van der Waals surface area contributed by atoms with Gasteiger partial charge in [0.05, 0.1) is 23.5 Å². The van der Waals surface area contributed by atoms with Crippen LogP contribution in [0.15, 0.2) is 24.3 Å². The number of likely N-dealkylation sites (N-methyl/N-ethyl adjacent to an activating group) is 1. The van der Waals surface area contributed by atoms with Crippen molar-refractivity contribution in [3.8, 4) is 0 Å². The number of carbonyl (C=O) groups excluding carboxylic acids is 1. The van der Waals surface area contributed by atoms with Crippen molar-refractivity contribution in [2.75, 3.05) is 49.5 Å². The molecule has 6 heteroatoms. The molecular weight excluding hydrogens is 316 g/mol. The van der Waals surface area contributed by atoms with Crippen LogP contribution in [0.25, 0.3) is 0 Å². The van der Waals surface area contributed by atoms with E-state index in [1.54, 1.807) is 0 Å². The lowest BCUT2D eigenvalue weighted by atomic mass is 9.98. The maximum atomic E-state index is 12.4. The molecule has 2 amide bonds. The predicted molar refractivity (Wildman–Crippen MR) is 103 cm³/mol. The summed E-state index contributed by atoms with van der Waals surface area (Å²) in [5.74, 6) is 0. The molecule has 1 heterocycles. The second-order valence-electron chi connectivity index (χ2n) is 6.99. The number of benzene rings is 1. The molecule has 1 aliphatic heterocycles. The van der Waals surface area contributed by atoms with Gasteiger partial charge in [-0.1, -0.05) is 32.4 Å². The molecule has 0 aliphatic carbocycles. The highest BCUT2D eigenvalue weighted by atomic mass is 16.3. The van der Waals surface area contributed by atoms with E-state index in [0.29, 0.717) is 0 Å². The van der Waals surface area contributed by atoms with Crippen LogP contribution in [-0.4, -0.2) is 60.9 Å². The van der Waals surface area contributed by atoms with E-state index in [9.17, 15) is 9.90 Å². The summed E-state index contributed by atoms with van der Waals surface area (Å²) in [6, 6.07) is 7.63. The van der Waals surface area contributed by atoms with Crippen LogP contribution >= 0.6 is 0 Å². The molecule has 1 aliphatic rings. The summed E-state index contributed by atoms with van der Waals surface area (Å²) >= 11 is 0. The van der Waals surface area contributed by atoms with Gasteiger partial charge < -0.3 is 25.5 Å². The molecule has 6 nitrogen and oxygen atoms in total. The summed E-state index contributed by atoms with van der Waals surface area (Å²) in [4.78, 5) is 17.2. The van der Waals surface area contributed by atoms with Gasteiger partial charge in [0.1, 0.15) is 0 Å². The fourth-order valence-electron chi connectivity index (χ4n) is 3.32. The van der Waals surface area contributed by atoms with E-state index in [-0.39, 0.29) is 12.6 Å². The first-order valence-corrected chi connectivity index (χ1v) is 9.27. The third kappa shape index (κ3) is 5.34. The Hall–Kier alpha value is -1.79. The molecule has 1 aromatic carbocycles. The largest absolute Gasteiger partial charge is 0.394 e. The molecule has 1 saturated heterocycles. The second-order valence-corrected chi connectivity index (χ2v) is 6.99. The van der Waals surface area contributed by atoms with Crippen LogP contribution < -0.4 is 15.5 Å². The number of piperazine rings is 1. The highest BCUT2D eigenvalue weighted by Gasteiger charge is 2.25. The Morgan fingerprint density at radius 1 is 1.20 bits per heavy atom. The average Bonchev–Trinajstić information content (AvgIpc) is 2.62. The van der Waals surface area contributed by atoms with Gasteiger partial charge in [-0.15, -0.1) is 0 Å². The molecule has 1 atom stereocenters. The molecule has 3 N–H and O–H groups in total. The number of aliphatic hydroxyl groups excluding tert-OH is 1. The zero-order valence-corrected chi connectivity index (χ0v) is 15.7. The van der Waals surface area contributed by atoms with E-state index in [2.05, 4.69) is 33.4 Å². The third-order valence-corrected chi connectivity index (χ3v) is 4.88. The van der Waals surface area contributed by atoms with Crippen molar-refractivity contribution in [3.05, 3.63) is 24.3 Å². The Labute approximate surface area is 151 Å². The van der Waals surface area contributed by atoms with Crippen molar-refractivity contribution in [3.63, 3.8) is 0 Å². The molecular formula is C19H32N4O2. The van der Waals surface area contributed by atoms with Crippen LogP contribution in [0, 0.1) is 0 Å². The van der Waals surface area contributed by atoms with E-state index in [1.165, 1.54) is 0 Å². The Balaban J connectivity index is 2.04. The van der Waals surface area contributed by atoms with Crippen molar-refractivity contribution in [1.29, 1.82) is 0 Å². The molecule has 140 valence electrons. The minimum atomic E-state index is -0.597. The van der Waals surface area contributed by atoms with E-state index < -0.39 is 5.54 Å². The fourth-order valence-corrected chi connectivity index (χ4v) is 3.32. The quantitative estimate of drug-likeness (QED) is 0.708. The van der Waals surface area contributed by atoms with Crippen molar-refractivity contribution in [2.45, 2.75) is 39.2 Å². The van der Waals surface area contributed by atoms with Gasteiger partial charge in [0.25, 0.3) is 0 Å². The normalized spacial score (nSPS) is 17.8. The van der Waals surface area contributed by atoms with Gasteiger partial charge in [0, 0.05) is 26.2 Å². The fraction of sp³-hybridized carbons (Fsp3) is 0.632. The number of rotatable bonds is 7. The maximum absolute atomic E-state index is 12.4. The first-order chi connectivity index (χ1) is 12.0. The molecule has 1 fully saturated rings. The lowest BCUT2D eigenvalue weighted by Crippen LogP contribution is -2.50. The molecule has 1 aromatic rings.